The van der Waals surface area contributed by atoms with Gasteiger partial charge in [0, 0.05) is 25.4 Å². The van der Waals surface area contributed by atoms with Gasteiger partial charge in [0.15, 0.2) is 0 Å². The molecule has 29 heavy (non-hydrogen) atoms. The van der Waals surface area contributed by atoms with Crippen molar-refractivity contribution >= 4 is 5.97 Å². The molecule has 6 atom stereocenters. The number of allylic oxidation sites excluding steroid dienone is 1. The van der Waals surface area contributed by atoms with E-state index in [1.165, 1.54) is 6.08 Å². The maximum absolute atomic E-state index is 15.0. The molecule has 6 heteroatoms. The summed E-state index contributed by atoms with van der Waals surface area (Å²) in [6.45, 7) is 0.849. The topological polar surface area (TPSA) is 76.0 Å². The lowest BCUT2D eigenvalue weighted by molar-refractivity contribution is -0.137. The van der Waals surface area contributed by atoms with E-state index in [1.807, 2.05) is 30.3 Å². The molecule has 5 nitrogen and oxygen atoms in total. The van der Waals surface area contributed by atoms with E-state index in [4.69, 9.17) is 14.6 Å². The molecule has 1 aliphatic carbocycles. The summed E-state index contributed by atoms with van der Waals surface area (Å²) in [6.07, 6.45) is 4.88. The second-order valence-electron chi connectivity index (χ2n) is 8.14. The van der Waals surface area contributed by atoms with Gasteiger partial charge in [0.2, 0.25) is 0 Å². The number of carboxylic acid groups (broad SMARTS) is 1. The second kappa shape index (κ2) is 10.7. The maximum Gasteiger partial charge on any atom is 0.303 e. The Bertz CT molecular complexity index is 664. The highest BCUT2D eigenvalue weighted by Crippen LogP contribution is 2.43. The van der Waals surface area contributed by atoms with Crippen LogP contribution < -0.4 is 4.74 Å². The van der Waals surface area contributed by atoms with Crippen LogP contribution in [0.5, 0.6) is 5.75 Å². The minimum Gasteiger partial charge on any atom is -0.490 e. The smallest absolute Gasteiger partial charge is 0.303 e. The van der Waals surface area contributed by atoms with Crippen molar-refractivity contribution in [3.63, 3.8) is 0 Å². The van der Waals surface area contributed by atoms with Gasteiger partial charge in [-0.15, -0.1) is 0 Å². The average Bonchev–Trinajstić information content (AvgIpc) is 2.90. The molecule has 1 saturated carbocycles. The molecule has 0 spiro atoms. The summed E-state index contributed by atoms with van der Waals surface area (Å²) in [6, 6.07) is 9.37. The normalized spacial score (nSPS) is 30.6. The minimum absolute atomic E-state index is 0.0100. The fraction of sp³-hybridized carbons (Fsp3) is 0.609. The average molecular weight is 406 g/mol. The van der Waals surface area contributed by atoms with E-state index in [9.17, 15) is 14.3 Å². The number of para-hydroxylation sites is 1. The van der Waals surface area contributed by atoms with Gasteiger partial charge in [-0.3, -0.25) is 4.79 Å². The summed E-state index contributed by atoms with van der Waals surface area (Å²) in [5.41, 5.74) is 0. The van der Waals surface area contributed by atoms with Crippen molar-refractivity contribution in [2.45, 2.75) is 56.9 Å². The Kier molecular flexibility index (Phi) is 8.07. The summed E-state index contributed by atoms with van der Waals surface area (Å²) >= 11 is 0. The molecule has 1 aromatic carbocycles. The number of rotatable bonds is 9. The summed E-state index contributed by atoms with van der Waals surface area (Å²) < 4.78 is 26.5. The van der Waals surface area contributed by atoms with Crippen molar-refractivity contribution in [1.29, 1.82) is 0 Å². The number of aliphatic hydroxyl groups excluding tert-OH is 1. The van der Waals surface area contributed by atoms with Gasteiger partial charge in [0.1, 0.15) is 18.5 Å². The van der Waals surface area contributed by atoms with Gasteiger partial charge in [-0.2, -0.15) is 0 Å². The Morgan fingerprint density at radius 1 is 1.31 bits per heavy atom. The van der Waals surface area contributed by atoms with E-state index in [1.54, 1.807) is 6.08 Å². The number of ether oxygens (including phenoxy) is 2. The fourth-order valence-corrected chi connectivity index (χ4v) is 4.64. The third-order valence-corrected chi connectivity index (χ3v) is 6.12. The van der Waals surface area contributed by atoms with Crippen LogP contribution in [0, 0.1) is 17.8 Å². The summed E-state index contributed by atoms with van der Waals surface area (Å²) in [4.78, 5) is 10.7. The largest absolute Gasteiger partial charge is 0.490 e. The zero-order valence-corrected chi connectivity index (χ0v) is 16.7. The first-order valence-electron chi connectivity index (χ1n) is 10.5. The Morgan fingerprint density at radius 3 is 2.86 bits per heavy atom. The lowest BCUT2D eigenvalue weighted by Gasteiger charge is -2.25. The molecular weight excluding hydrogens is 375 g/mol. The van der Waals surface area contributed by atoms with E-state index in [0.717, 1.165) is 25.0 Å². The van der Waals surface area contributed by atoms with Crippen LogP contribution in [0.2, 0.25) is 0 Å². The monoisotopic (exact) mass is 406 g/mol. The van der Waals surface area contributed by atoms with Crippen LogP contribution in [0.15, 0.2) is 42.5 Å². The number of aliphatic carboxylic acids is 1. The first kappa shape index (κ1) is 21.8. The van der Waals surface area contributed by atoms with E-state index >= 15 is 0 Å². The SMILES string of the molecule is O=C(O)CCC[C@H]1CC[C@@H]2[C@@H]([C@H](F)/C=C/COc3ccccc3)[C@H](O)C[C@@H]2OC1. The summed E-state index contributed by atoms with van der Waals surface area (Å²) in [5, 5.41) is 19.2. The van der Waals surface area contributed by atoms with Crippen molar-refractivity contribution in [2.75, 3.05) is 13.2 Å². The van der Waals surface area contributed by atoms with Crippen LogP contribution in [0.25, 0.3) is 0 Å². The molecule has 2 N–H and O–H groups in total. The quantitative estimate of drug-likeness (QED) is 0.606. The van der Waals surface area contributed by atoms with Crippen LogP contribution in [0.4, 0.5) is 4.39 Å². The predicted molar refractivity (Wildman–Crippen MR) is 108 cm³/mol. The number of hydrogen-bond donors (Lipinski definition) is 2. The van der Waals surface area contributed by atoms with E-state index < -0.39 is 24.2 Å². The zero-order chi connectivity index (χ0) is 20.6. The summed E-state index contributed by atoms with van der Waals surface area (Å²) in [7, 11) is 0. The molecule has 0 radical (unpaired) electrons. The molecule has 0 aromatic heterocycles. The van der Waals surface area contributed by atoms with Gasteiger partial charge in [-0.25, -0.2) is 4.39 Å². The van der Waals surface area contributed by atoms with Crippen molar-refractivity contribution in [1.82, 2.24) is 0 Å². The number of aliphatic hydroxyl groups is 1. The molecule has 0 unspecified atom stereocenters. The van der Waals surface area contributed by atoms with Crippen molar-refractivity contribution in [2.24, 2.45) is 17.8 Å². The zero-order valence-electron chi connectivity index (χ0n) is 16.7. The highest BCUT2D eigenvalue weighted by Gasteiger charge is 2.47. The number of alkyl halides is 1. The van der Waals surface area contributed by atoms with Crippen molar-refractivity contribution < 1.29 is 28.9 Å². The van der Waals surface area contributed by atoms with Gasteiger partial charge in [-0.1, -0.05) is 24.3 Å². The van der Waals surface area contributed by atoms with Gasteiger partial charge in [-0.05, 0) is 55.7 Å². The number of benzene rings is 1. The molecule has 2 aliphatic rings. The Labute approximate surface area is 171 Å². The van der Waals surface area contributed by atoms with Crippen LogP contribution in [-0.2, 0) is 9.53 Å². The van der Waals surface area contributed by atoms with Gasteiger partial charge < -0.3 is 19.7 Å². The van der Waals surface area contributed by atoms with E-state index in [0.29, 0.717) is 25.4 Å². The molecule has 2 fully saturated rings. The molecule has 0 amide bonds. The molecule has 1 saturated heterocycles. The highest BCUT2D eigenvalue weighted by molar-refractivity contribution is 5.66. The van der Waals surface area contributed by atoms with Gasteiger partial charge in [0.25, 0.3) is 0 Å². The molecule has 3 rings (SSSR count). The van der Waals surface area contributed by atoms with Crippen LogP contribution in [-0.4, -0.2) is 47.8 Å². The van der Waals surface area contributed by atoms with Crippen molar-refractivity contribution in [3.05, 3.63) is 42.5 Å². The molecule has 160 valence electrons. The predicted octanol–water partition coefficient (Wildman–Crippen LogP) is 4.01. The number of fused-ring (bicyclic) bond motifs is 1. The maximum atomic E-state index is 15.0. The number of hydrogen-bond acceptors (Lipinski definition) is 4. The number of carbonyl (C=O) groups is 1. The third kappa shape index (κ3) is 6.28. The standard InChI is InChI=1S/C23H31FO5/c24-19(9-5-13-28-17-7-2-1-3-8-17)23-18-12-11-16(6-4-10-22(26)27)15-29-21(18)14-20(23)25/h1-3,5,7-9,16,18-21,23,25H,4,6,10-15H2,(H,26,27)/b9-5+/t16-,18-,19+,20+,21-,23-/m0/s1. The third-order valence-electron chi connectivity index (χ3n) is 6.12. The fourth-order valence-electron chi connectivity index (χ4n) is 4.64. The second-order valence-corrected chi connectivity index (χ2v) is 8.14. The first-order valence-corrected chi connectivity index (χ1v) is 10.5. The first-order chi connectivity index (χ1) is 14.0. The lowest BCUT2D eigenvalue weighted by atomic mass is 9.84. The van der Waals surface area contributed by atoms with Crippen LogP contribution in [0.3, 0.4) is 0 Å². The molecule has 1 heterocycles. The minimum atomic E-state index is -1.24. The highest BCUT2D eigenvalue weighted by atomic mass is 19.1. The lowest BCUT2D eigenvalue weighted by Crippen LogP contribution is -2.30. The van der Waals surface area contributed by atoms with E-state index in [-0.39, 0.29) is 25.0 Å². The molecule has 1 aromatic rings. The van der Waals surface area contributed by atoms with Crippen LogP contribution >= 0.6 is 0 Å². The Morgan fingerprint density at radius 2 is 2.10 bits per heavy atom. The Hall–Kier alpha value is -1.92. The summed E-state index contributed by atoms with van der Waals surface area (Å²) in [5.74, 6) is -0.206. The number of carboxylic acids is 1. The molecule has 0 bridgehead atoms. The Balaban J connectivity index is 1.49. The molecule has 1 aliphatic heterocycles. The van der Waals surface area contributed by atoms with E-state index in [2.05, 4.69) is 0 Å². The van der Waals surface area contributed by atoms with Gasteiger partial charge in [0.05, 0.1) is 12.2 Å². The van der Waals surface area contributed by atoms with Crippen LogP contribution in [0.1, 0.15) is 38.5 Å². The number of halogens is 1. The van der Waals surface area contributed by atoms with Gasteiger partial charge >= 0.3 is 5.97 Å². The molecular formula is C23H31FO5. The van der Waals surface area contributed by atoms with Crippen molar-refractivity contribution in [3.8, 4) is 5.75 Å².